The first kappa shape index (κ1) is 24.0. The predicted molar refractivity (Wildman–Crippen MR) is 84.8 cm³/mol. The van der Waals surface area contributed by atoms with Crippen molar-refractivity contribution in [1.29, 1.82) is 0 Å². The van der Waals surface area contributed by atoms with E-state index < -0.39 is 0 Å². The maximum absolute atomic E-state index is 4.91. The molecule has 118 valence electrons. The minimum atomic E-state index is 0. The molecule has 2 nitrogen and oxygen atoms in total. The third kappa shape index (κ3) is 32.0. The zero-order valence-electron chi connectivity index (χ0n) is 13.8. The van der Waals surface area contributed by atoms with E-state index in [4.69, 9.17) is 5.73 Å². The number of hydrogen-bond donors (Lipinski definition) is 1. The topological polar surface area (TPSA) is 26.0 Å². The van der Waals surface area contributed by atoms with Gasteiger partial charge in [0.15, 0.2) is 0 Å². The molecule has 0 aromatic carbocycles. The average molecular weight is 293 g/mol. The summed E-state index contributed by atoms with van der Waals surface area (Å²) >= 11 is 0. The standard InChI is InChI=1S/C13H30N.C3H7N.ClH/c1-5-6-7-8-9-10-11-12-13-14(2,3)4;1-2-3-4;/h5-13H2,1-4H3;2H,1,3-4H2;1H/q+1;;/p-1. The molecule has 0 heterocycles. The molecule has 19 heavy (non-hydrogen) atoms. The van der Waals surface area contributed by atoms with Gasteiger partial charge in [-0.1, -0.05) is 51.5 Å². The van der Waals surface area contributed by atoms with Crippen LogP contribution >= 0.6 is 0 Å². The minimum absolute atomic E-state index is 0. The summed E-state index contributed by atoms with van der Waals surface area (Å²) in [7, 11) is 6.84. The Hall–Kier alpha value is -0.0500. The van der Waals surface area contributed by atoms with Crippen LogP contribution in [0.25, 0.3) is 0 Å². The van der Waals surface area contributed by atoms with E-state index in [9.17, 15) is 0 Å². The molecule has 0 radical (unpaired) electrons. The van der Waals surface area contributed by atoms with E-state index in [1.807, 2.05) is 0 Å². The second-order valence-corrected chi connectivity index (χ2v) is 6.01. The average Bonchev–Trinajstić information content (AvgIpc) is 2.31. The van der Waals surface area contributed by atoms with Gasteiger partial charge < -0.3 is 22.6 Å². The van der Waals surface area contributed by atoms with Gasteiger partial charge in [0.1, 0.15) is 0 Å². The first-order chi connectivity index (χ1) is 8.47. The molecule has 0 rings (SSSR count). The number of nitrogens with two attached hydrogens (primary N) is 1. The van der Waals surface area contributed by atoms with Crippen LogP contribution in [0.5, 0.6) is 0 Å². The lowest BCUT2D eigenvalue weighted by atomic mass is 10.1. The molecule has 0 aliphatic rings. The van der Waals surface area contributed by atoms with Gasteiger partial charge in [0, 0.05) is 6.54 Å². The van der Waals surface area contributed by atoms with Gasteiger partial charge in [-0.05, 0) is 12.8 Å². The normalized spacial score (nSPS) is 10.2. The number of rotatable bonds is 10. The van der Waals surface area contributed by atoms with Gasteiger partial charge in [0.05, 0.1) is 27.7 Å². The number of nitrogens with zero attached hydrogens (tertiary/aromatic N) is 1. The fourth-order valence-electron chi connectivity index (χ4n) is 1.72. The first-order valence-corrected chi connectivity index (χ1v) is 7.59. The van der Waals surface area contributed by atoms with Crippen LogP contribution in [-0.4, -0.2) is 38.7 Å². The summed E-state index contributed by atoms with van der Waals surface area (Å²) in [5.41, 5.74) is 4.91. The Morgan fingerprint density at radius 1 is 0.895 bits per heavy atom. The number of halogens is 1. The molecule has 0 amide bonds. The molecule has 0 atom stereocenters. The van der Waals surface area contributed by atoms with E-state index in [-0.39, 0.29) is 12.4 Å². The molecule has 2 N–H and O–H groups in total. The summed E-state index contributed by atoms with van der Waals surface area (Å²) in [6.45, 7) is 7.54. The highest BCUT2D eigenvalue weighted by molar-refractivity contribution is 4.64. The molecule has 3 heteroatoms. The molecule has 0 aliphatic heterocycles. The first-order valence-electron chi connectivity index (χ1n) is 7.59. The van der Waals surface area contributed by atoms with Crippen molar-refractivity contribution in [3.8, 4) is 0 Å². The van der Waals surface area contributed by atoms with Crippen LogP contribution in [-0.2, 0) is 0 Å². The monoisotopic (exact) mass is 292 g/mol. The lowest BCUT2D eigenvalue weighted by Gasteiger charge is -2.23. The SMILES string of the molecule is C=CCN.CCCCCCCCCC[N+](C)(C)C.[Cl-]. The van der Waals surface area contributed by atoms with Crippen molar-refractivity contribution in [2.45, 2.75) is 58.3 Å². The Morgan fingerprint density at radius 2 is 1.26 bits per heavy atom. The van der Waals surface area contributed by atoms with E-state index in [1.165, 1.54) is 57.9 Å². The second-order valence-electron chi connectivity index (χ2n) is 6.01. The van der Waals surface area contributed by atoms with Gasteiger partial charge in [0.2, 0.25) is 0 Å². The highest BCUT2D eigenvalue weighted by Crippen LogP contribution is 2.09. The van der Waals surface area contributed by atoms with E-state index in [2.05, 4.69) is 34.6 Å². The van der Waals surface area contributed by atoms with Crippen LogP contribution in [0.3, 0.4) is 0 Å². The molecule has 0 saturated carbocycles. The largest absolute Gasteiger partial charge is 1.00 e. The number of hydrogen-bond acceptors (Lipinski definition) is 1. The van der Waals surface area contributed by atoms with Crippen LogP contribution in [0, 0.1) is 0 Å². The predicted octanol–water partition coefficient (Wildman–Crippen LogP) is 0.968. The Kier molecular flexibility index (Phi) is 22.7. The molecule has 0 saturated heterocycles. The van der Waals surface area contributed by atoms with Crippen molar-refractivity contribution >= 4 is 0 Å². The molecule has 0 aromatic heterocycles. The van der Waals surface area contributed by atoms with Crippen LogP contribution in [0.15, 0.2) is 12.7 Å². The van der Waals surface area contributed by atoms with E-state index in [1.54, 1.807) is 6.08 Å². The minimum Gasteiger partial charge on any atom is -1.00 e. The van der Waals surface area contributed by atoms with Gasteiger partial charge in [0.25, 0.3) is 0 Å². The van der Waals surface area contributed by atoms with Gasteiger partial charge in [-0.3, -0.25) is 0 Å². The van der Waals surface area contributed by atoms with Gasteiger partial charge in [-0.25, -0.2) is 0 Å². The van der Waals surface area contributed by atoms with E-state index in [0.29, 0.717) is 6.54 Å². The van der Waals surface area contributed by atoms with Crippen molar-refractivity contribution in [3.05, 3.63) is 12.7 Å². The zero-order chi connectivity index (χ0) is 14.3. The maximum atomic E-state index is 4.91. The Balaban J connectivity index is -0.000000448. The highest BCUT2D eigenvalue weighted by atomic mass is 35.5. The van der Waals surface area contributed by atoms with Gasteiger partial charge in [-0.2, -0.15) is 0 Å². The quantitative estimate of drug-likeness (QED) is 0.362. The summed E-state index contributed by atoms with van der Waals surface area (Å²) in [4.78, 5) is 0. The summed E-state index contributed by atoms with van der Waals surface area (Å²) < 4.78 is 1.12. The molecule has 0 bridgehead atoms. The third-order valence-corrected chi connectivity index (χ3v) is 2.85. The van der Waals surface area contributed by atoms with Crippen LogP contribution in [0.4, 0.5) is 0 Å². The van der Waals surface area contributed by atoms with Crippen LogP contribution < -0.4 is 18.1 Å². The van der Waals surface area contributed by atoms with E-state index >= 15 is 0 Å². The van der Waals surface area contributed by atoms with E-state index in [0.717, 1.165) is 4.48 Å². The number of quaternary nitrogens is 1. The van der Waals surface area contributed by atoms with Crippen LogP contribution in [0.1, 0.15) is 58.3 Å². The summed E-state index contributed by atoms with van der Waals surface area (Å²) in [6.07, 6.45) is 13.1. The number of unbranched alkanes of at least 4 members (excludes halogenated alkanes) is 7. The molecular formula is C16H37ClN2. The molecule has 0 spiro atoms. The zero-order valence-corrected chi connectivity index (χ0v) is 14.5. The Labute approximate surface area is 128 Å². The summed E-state index contributed by atoms with van der Waals surface area (Å²) in [6, 6.07) is 0. The van der Waals surface area contributed by atoms with Crippen molar-refractivity contribution in [3.63, 3.8) is 0 Å². The maximum Gasteiger partial charge on any atom is 0.0780 e. The van der Waals surface area contributed by atoms with Gasteiger partial charge >= 0.3 is 0 Å². The van der Waals surface area contributed by atoms with Gasteiger partial charge in [-0.15, -0.1) is 6.58 Å². The van der Waals surface area contributed by atoms with Crippen molar-refractivity contribution in [1.82, 2.24) is 0 Å². The molecule has 0 aromatic rings. The molecule has 0 aliphatic carbocycles. The fraction of sp³-hybridized carbons (Fsp3) is 0.875. The second kappa shape index (κ2) is 17.9. The lowest BCUT2D eigenvalue weighted by molar-refractivity contribution is -0.870. The van der Waals surface area contributed by atoms with Crippen molar-refractivity contribution < 1.29 is 16.9 Å². The van der Waals surface area contributed by atoms with Crippen molar-refractivity contribution in [2.24, 2.45) is 5.73 Å². The molecule has 0 fully saturated rings. The Bertz CT molecular complexity index is 165. The summed E-state index contributed by atoms with van der Waals surface area (Å²) in [5.74, 6) is 0. The van der Waals surface area contributed by atoms with Crippen LogP contribution in [0.2, 0.25) is 0 Å². The fourth-order valence-corrected chi connectivity index (χ4v) is 1.72. The Morgan fingerprint density at radius 3 is 1.58 bits per heavy atom. The smallest absolute Gasteiger partial charge is 0.0780 e. The van der Waals surface area contributed by atoms with Crippen molar-refractivity contribution in [2.75, 3.05) is 34.2 Å². The molecule has 0 unspecified atom stereocenters. The lowest BCUT2D eigenvalue weighted by Crippen LogP contribution is -3.00. The third-order valence-electron chi connectivity index (χ3n) is 2.85. The highest BCUT2D eigenvalue weighted by Gasteiger charge is 2.04. The molecular weight excluding hydrogens is 256 g/mol. The summed E-state index contributed by atoms with van der Waals surface area (Å²) in [5, 5.41) is 0.